The number of fused-ring (bicyclic) bond motifs is 1. The molecule has 0 spiro atoms. The molecule has 1 heterocycles. The van der Waals surface area contributed by atoms with Gasteiger partial charge in [0.15, 0.2) is 0 Å². The van der Waals surface area contributed by atoms with Gasteiger partial charge in [0, 0.05) is 6.42 Å². The van der Waals surface area contributed by atoms with Gasteiger partial charge in [-0.1, -0.05) is 68.4 Å². The van der Waals surface area contributed by atoms with Crippen molar-refractivity contribution in [3.05, 3.63) is 95.8 Å². The third-order valence-corrected chi connectivity index (χ3v) is 5.61. The molecule has 5 heteroatoms. The van der Waals surface area contributed by atoms with E-state index in [0.29, 0.717) is 12.8 Å². The first-order valence-corrected chi connectivity index (χ1v) is 10.5. The molecule has 158 valence electrons. The lowest BCUT2D eigenvalue weighted by molar-refractivity contribution is -0.123. The van der Waals surface area contributed by atoms with Crippen LogP contribution >= 0.6 is 0 Å². The van der Waals surface area contributed by atoms with Gasteiger partial charge in [0.1, 0.15) is 11.6 Å². The van der Waals surface area contributed by atoms with Crippen molar-refractivity contribution in [3.63, 3.8) is 0 Å². The highest BCUT2D eigenvalue weighted by Gasteiger charge is 2.26. The predicted octanol–water partition coefficient (Wildman–Crippen LogP) is 5.04. The Balaban J connectivity index is 1.57. The molecule has 4 rings (SSSR count). The van der Waals surface area contributed by atoms with Crippen LogP contribution in [0.3, 0.4) is 0 Å². The number of H-pyrrole nitrogens is 1. The Labute approximate surface area is 182 Å². The van der Waals surface area contributed by atoms with E-state index in [1.165, 1.54) is 0 Å². The molecule has 0 unspecified atom stereocenters. The summed E-state index contributed by atoms with van der Waals surface area (Å²) < 4.78 is 0. The maximum atomic E-state index is 13.1. The van der Waals surface area contributed by atoms with Crippen molar-refractivity contribution in [1.82, 2.24) is 15.3 Å². The maximum absolute atomic E-state index is 13.1. The van der Waals surface area contributed by atoms with Crippen LogP contribution in [0, 0.1) is 0 Å². The third-order valence-electron chi connectivity index (χ3n) is 5.61. The molecule has 0 aliphatic carbocycles. The Kier molecular flexibility index (Phi) is 5.76. The number of amides is 1. The molecule has 5 nitrogen and oxygen atoms in total. The second-order valence-corrected chi connectivity index (χ2v) is 8.56. The highest BCUT2D eigenvalue weighted by atomic mass is 16.3. The van der Waals surface area contributed by atoms with Gasteiger partial charge in [-0.3, -0.25) is 4.79 Å². The fourth-order valence-corrected chi connectivity index (χ4v) is 3.86. The van der Waals surface area contributed by atoms with Gasteiger partial charge >= 0.3 is 0 Å². The number of aromatic amines is 1. The van der Waals surface area contributed by atoms with E-state index in [1.807, 2.05) is 54.6 Å². The lowest BCUT2D eigenvalue weighted by Gasteiger charge is -2.26. The SMILES string of the molecule is CC(C)(CC(=O)N[C@H](Cc1ccc(O)cc1)c1nc2ccccc2[nH]1)c1ccccc1. The minimum Gasteiger partial charge on any atom is -0.508 e. The number of aromatic nitrogens is 2. The van der Waals surface area contributed by atoms with Crippen LogP contribution in [0.15, 0.2) is 78.9 Å². The summed E-state index contributed by atoms with van der Waals surface area (Å²) in [6.45, 7) is 4.16. The van der Waals surface area contributed by atoms with E-state index < -0.39 is 0 Å². The molecular formula is C26H27N3O2. The lowest BCUT2D eigenvalue weighted by atomic mass is 9.81. The average Bonchev–Trinajstić information content (AvgIpc) is 3.19. The molecule has 1 atom stereocenters. The Morgan fingerprint density at radius 3 is 2.39 bits per heavy atom. The van der Waals surface area contributed by atoms with Gasteiger partial charge in [0.05, 0.1) is 17.1 Å². The molecule has 31 heavy (non-hydrogen) atoms. The molecule has 3 N–H and O–H groups in total. The predicted molar refractivity (Wildman–Crippen MR) is 123 cm³/mol. The number of nitrogens with zero attached hydrogens (tertiary/aromatic N) is 1. The minimum atomic E-state index is -0.309. The standard InChI is InChI=1S/C26H27N3O2/c1-26(2,19-8-4-3-5-9-19)17-24(31)27-23(16-18-12-14-20(30)15-13-18)25-28-21-10-6-7-11-22(21)29-25/h3-15,23,30H,16-17H2,1-2H3,(H,27,31)(H,28,29)/t23-/m1/s1. The molecule has 0 radical (unpaired) electrons. The van der Waals surface area contributed by atoms with Gasteiger partial charge in [-0.15, -0.1) is 0 Å². The van der Waals surface area contributed by atoms with Crippen LogP contribution in [0.1, 0.15) is 43.3 Å². The monoisotopic (exact) mass is 413 g/mol. The second kappa shape index (κ2) is 8.64. The number of carbonyl (C=O) groups excluding carboxylic acids is 1. The number of benzene rings is 3. The van der Waals surface area contributed by atoms with Crippen molar-refractivity contribution in [1.29, 1.82) is 0 Å². The van der Waals surface area contributed by atoms with Crippen molar-refractivity contribution < 1.29 is 9.90 Å². The normalized spacial score (nSPS) is 12.6. The fraction of sp³-hybridized carbons (Fsp3) is 0.231. The highest BCUT2D eigenvalue weighted by Crippen LogP contribution is 2.28. The molecule has 0 aliphatic rings. The molecule has 3 aromatic carbocycles. The number of hydrogen-bond donors (Lipinski definition) is 3. The van der Waals surface area contributed by atoms with Crippen LogP contribution in [-0.4, -0.2) is 21.0 Å². The first kappa shape index (κ1) is 20.7. The molecule has 0 saturated carbocycles. The Hall–Kier alpha value is -3.60. The fourth-order valence-electron chi connectivity index (χ4n) is 3.86. The van der Waals surface area contributed by atoms with Gasteiger partial charge in [0.25, 0.3) is 0 Å². The van der Waals surface area contributed by atoms with Crippen molar-refractivity contribution in [2.45, 2.75) is 38.1 Å². The molecule has 4 aromatic rings. The number of phenols is 1. The van der Waals surface area contributed by atoms with Gasteiger partial charge in [-0.25, -0.2) is 4.98 Å². The van der Waals surface area contributed by atoms with E-state index in [-0.39, 0.29) is 23.1 Å². The van der Waals surface area contributed by atoms with Gasteiger partial charge in [-0.2, -0.15) is 0 Å². The second-order valence-electron chi connectivity index (χ2n) is 8.56. The Bertz CT molecular complexity index is 1130. The molecule has 0 aliphatic heterocycles. The quantitative estimate of drug-likeness (QED) is 0.397. The molecular weight excluding hydrogens is 386 g/mol. The number of phenolic OH excluding ortho intramolecular Hbond substituents is 1. The van der Waals surface area contributed by atoms with Gasteiger partial charge in [-0.05, 0) is 47.2 Å². The number of rotatable bonds is 7. The number of aromatic hydroxyl groups is 1. The minimum absolute atomic E-state index is 0.0295. The van der Waals surface area contributed by atoms with Crippen LogP contribution in [-0.2, 0) is 16.6 Å². The van der Waals surface area contributed by atoms with E-state index in [9.17, 15) is 9.90 Å². The van der Waals surface area contributed by atoms with E-state index in [1.54, 1.807) is 12.1 Å². The number of para-hydroxylation sites is 2. The molecule has 1 aromatic heterocycles. The molecule has 0 bridgehead atoms. The van der Waals surface area contributed by atoms with E-state index in [4.69, 9.17) is 4.98 Å². The summed E-state index contributed by atoms with van der Waals surface area (Å²) in [5, 5.41) is 12.8. The van der Waals surface area contributed by atoms with E-state index in [2.05, 4.69) is 36.3 Å². The van der Waals surface area contributed by atoms with Crippen molar-refractivity contribution >= 4 is 16.9 Å². The van der Waals surface area contributed by atoms with E-state index in [0.717, 1.165) is 28.0 Å². The van der Waals surface area contributed by atoms with Crippen molar-refractivity contribution in [2.24, 2.45) is 0 Å². The zero-order valence-electron chi connectivity index (χ0n) is 17.8. The Morgan fingerprint density at radius 1 is 1.00 bits per heavy atom. The zero-order valence-corrected chi connectivity index (χ0v) is 17.8. The summed E-state index contributed by atoms with van der Waals surface area (Å²) in [4.78, 5) is 21.1. The van der Waals surface area contributed by atoms with Crippen molar-refractivity contribution in [2.75, 3.05) is 0 Å². The zero-order chi connectivity index (χ0) is 21.8. The van der Waals surface area contributed by atoms with Crippen LogP contribution in [0.4, 0.5) is 0 Å². The molecule has 0 saturated heterocycles. The lowest BCUT2D eigenvalue weighted by Crippen LogP contribution is -2.35. The highest BCUT2D eigenvalue weighted by molar-refractivity contribution is 5.79. The average molecular weight is 414 g/mol. The maximum Gasteiger partial charge on any atom is 0.221 e. The summed E-state index contributed by atoms with van der Waals surface area (Å²) in [6.07, 6.45) is 0.931. The number of imidazole rings is 1. The van der Waals surface area contributed by atoms with Gasteiger partial charge < -0.3 is 15.4 Å². The Morgan fingerprint density at radius 2 is 1.68 bits per heavy atom. The van der Waals surface area contributed by atoms with Crippen LogP contribution in [0.2, 0.25) is 0 Å². The first-order valence-electron chi connectivity index (χ1n) is 10.5. The molecule has 0 fully saturated rings. The van der Waals surface area contributed by atoms with Gasteiger partial charge in [0.2, 0.25) is 5.91 Å². The van der Waals surface area contributed by atoms with E-state index >= 15 is 0 Å². The number of hydrogen-bond acceptors (Lipinski definition) is 3. The third kappa shape index (κ3) is 4.94. The number of nitrogens with one attached hydrogen (secondary N) is 2. The van der Waals surface area contributed by atoms with Crippen LogP contribution in [0.5, 0.6) is 5.75 Å². The first-order chi connectivity index (χ1) is 14.9. The summed E-state index contributed by atoms with van der Waals surface area (Å²) in [7, 11) is 0. The van der Waals surface area contributed by atoms with Crippen LogP contribution < -0.4 is 5.32 Å². The smallest absolute Gasteiger partial charge is 0.221 e. The largest absolute Gasteiger partial charge is 0.508 e. The number of carbonyl (C=O) groups is 1. The summed E-state index contributed by atoms with van der Waals surface area (Å²) in [6, 6.07) is 24.7. The topological polar surface area (TPSA) is 78.0 Å². The van der Waals surface area contributed by atoms with Crippen LogP contribution in [0.25, 0.3) is 11.0 Å². The van der Waals surface area contributed by atoms with Crippen molar-refractivity contribution in [3.8, 4) is 5.75 Å². The summed E-state index contributed by atoms with van der Waals surface area (Å²) in [5.74, 6) is 0.913. The summed E-state index contributed by atoms with van der Waals surface area (Å²) in [5.41, 5.74) is 3.65. The molecule has 1 amide bonds. The summed E-state index contributed by atoms with van der Waals surface area (Å²) >= 11 is 0.